The maximum absolute atomic E-state index is 12.8. The van der Waals surface area contributed by atoms with Gasteiger partial charge in [-0.15, -0.1) is 12.4 Å². The maximum atomic E-state index is 12.8. The molecule has 2 rings (SSSR count). The van der Waals surface area contributed by atoms with Crippen LogP contribution in [0.1, 0.15) is 17.7 Å². The van der Waals surface area contributed by atoms with Crippen LogP contribution in [0.5, 0.6) is 0 Å². The Kier molecular flexibility index (Phi) is 6.80. The number of anilines is 1. The van der Waals surface area contributed by atoms with Gasteiger partial charge in [0.1, 0.15) is 5.82 Å². The smallest absolute Gasteiger partial charge is 0.319 e. The molecule has 0 unspecified atom stereocenters. The summed E-state index contributed by atoms with van der Waals surface area (Å²) in [7, 11) is 1.73. The number of nitrogens with zero attached hydrogens (tertiary/aromatic N) is 2. The van der Waals surface area contributed by atoms with E-state index in [9.17, 15) is 18.0 Å². The minimum absolute atomic E-state index is 0. The first kappa shape index (κ1) is 20.0. The van der Waals surface area contributed by atoms with Crippen LogP contribution in [-0.4, -0.2) is 29.3 Å². The summed E-state index contributed by atoms with van der Waals surface area (Å²) in [4.78, 5) is 11.8. The summed E-state index contributed by atoms with van der Waals surface area (Å²) < 4.78 is 39.8. The topological polar surface area (TPSA) is 59.0 Å². The van der Waals surface area contributed by atoms with Crippen molar-refractivity contribution >= 4 is 24.1 Å². The second-order valence-electron chi connectivity index (χ2n) is 5.03. The summed E-state index contributed by atoms with van der Waals surface area (Å²) >= 11 is 0. The molecule has 0 aliphatic rings. The van der Waals surface area contributed by atoms with E-state index in [2.05, 4.69) is 15.7 Å². The fraction of sp³-hybridized carbons (Fsp3) is 0.333. The van der Waals surface area contributed by atoms with Gasteiger partial charge >= 0.3 is 6.18 Å². The van der Waals surface area contributed by atoms with E-state index in [1.807, 2.05) is 0 Å². The number of carbonyl (C=O) groups excluding carboxylic acids is 1. The number of benzene rings is 1. The molecule has 1 amide bonds. The summed E-state index contributed by atoms with van der Waals surface area (Å²) in [6.45, 7) is 2.20. The average molecular weight is 363 g/mol. The molecule has 1 aromatic carbocycles. The molecule has 0 spiro atoms. The molecule has 1 aromatic heterocycles. The molecule has 2 aromatic rings. The Bertz CT molecular complexity index is 700. The number of aromatic nitrogens is 2. The lowest BCUT2D eigenvalue weighted by Gasteiger charge is -2.11. The van der Waals surface area contributed by atoms with Gasteiger partial charge in [0.2, 0.25) is 5.91 Å². The van der Waals surface area contributed by atoms with Crippen molar-refractivity contribution in [1.29, 1.82) is 0 Å². The van der Waals surface area contributed by atoms with Gasteiger partial charge in [0.25, 0.3) is 0 Å². The molecule has 0 fully saturated rings. The van der Waals surface area contributed by atoms with Crippen molar-refractivity contribution < 1.29 is 18.0 Å². The second-order valence-corrected chi connectivity index (χ2v) is 5.03. The molecule has 24 heavy (non-hydrogen) atoms. The zero-order valence-electron chi connectivity index (χ0n) is 13.1. The van der Waals surface area contributed by atoms with Crippen molar-refractivity contribution in [1.82, 2.24) is 15.1 Å². The van der Waals surface area contributed by atoms with Crippen molar-refractivity contribution in [3.63, 3.8) is 0 Å². The fourth-order valence-corrected chi connectivity index (χ4v) is 2.04. The summed E-state index contributed by atoms with van der Waals surface area (Å²) in [6, 6.07) is 6.41. The lowest BCUT2D eigenvalue weighted by molar-refractivity contribution is -0.137. The quantitative estimate of drug-likeness (QED) is 0.859. The molecule has 5 nitrogen and oxygen atoms in total. The fourth-order valence-electron chi connectivity index (χ4n) is 2.04. The van der Waals surface area contributed by atoms with E-state index in [0.29, 0.717) is 18.1 Å². The van der Waals surface area contributed by atoms with Crippen molar-refractivity contribution in [2.45, 2.75) is 19.5 Å². The number of aryl methyl sites for hydroxylation is 1. The number of carbonyl (C=O) groups is 1. The number of rotatable bonds is 5. The first-order valence-corrected chi connectivity index (χ1v) is 7.00. The summed E-state index contributed by atoms with van der Waals surface area (Å²) in [5.41, 5.74) is 0.0544. The van der Waals surface area contributed by atoms with Gasteiger partial charge in [-0.2, -0.15) is 18.3 Å². The molecule has 0 saturated heterocycles. The Balaban J connectivity index is 0.00000288. The summed E-state index contributed by atoms with van der Waals surface area (Å²) in [6.07, 6.45) is -4.18. The number of nitrogens with one attached hydrogen (secondary N) is 2. The van der Waals surface area contributed by atoms with Gasteiger partial charge in [-0.1, -0.05) is 6.07 Å². The molecule has 0 radical (unpaired) electrons. The molecular formula is C15H18ClF3N4O. The Labute approximate surface area is 143 Å². The largest absolute Gasteiger partial charge is 0.416 e. The molecule has 0 aliphatic heterocycles. The third-order valence-electron chi connectivity index (χ3n) is 3.12. The molecule has 2 N–H and O–H groups in total. The highest BCUT2D eigenvalue weighted by molar-refractivity contribution is 5.90. The van der Waals surface area contributed by atoms with Crippen molar-refractivity contribution in [2.75, 3.05) is 18.9 Å². The molecule has 0 saturated carbocycles. The van der Waals surface area contributed by atoms with Crippen LogP contribution in [0, 0.1) is 6.92 Å². The Hall–Kier alpha value is -2.06. The lowest BCUT2D eigenvalue weighted by Crippen LogP contribution is -2.20. The van der Waals surface area contributed by atoms with Gasteiger partial charge < -0.3 is 10.6 Å². The van der Waals surface area contributed by atoms with Gasteiger partial charge in [-0.3, -0.25) is 4.79 Å². The minimum atomic E-state index is -4.44. The highest BCUT2D eigenvalue weighted by Gasteiger charge is 2.30. The maximum Gasteiger partial charge on any atom is 0.416 e. The van der Waals surface area contributed by atoms with Crippen molar-refractivity contribution in [3.05, 3.63) is 41.6 Å². The van der Waals surface area contributed by atoms with Gasteiger partial charge in [-0.25, -0.2) is 4.68 Å². The summed E-state index contributed by atoms with van der Waals surface area (Å²) in [5.74, 6) is 0.0930. The van der Waals surface area contributed by atoms with Crippen LogP contribution in [0.2, 0.25) is 0 Å². The van der Waals surface area contributed by atoms with Crippen LogP contribution >= 0.6 is 12.4 Å². The number of hydrogen-bond acceptors (Lipinski definition) is 3. The predicted octanol–water partition coefficient (Wildman–Crippen LogP) is 3.17. The van der Waals surface area contributed by atoms with Crippen LogP contribution in [0.3, 0.4) is 0 Å². The van der Waals surface area contributed by atoms with Crippen molar-refractivity contribution in [2.24, 2.45) is 0 Å². The molecule has 132 valence electrons. The van der Waals surface area contributed by atoms with Gasteiger partial charge in [0.05, 0.1) is 16.9 Å². The Morgan fingerprint density at radius 3 is 2.62 bits per heavy atom. The van der Waals surface area contributed by atoms with Crippen LogP contribution in [0.4, 0.5) is 19.0 Å². The average Bonchev–Trinajstić information content (AvgIpc) is 2.85. The first-order valence-electron chi connectivity index (χ1n) is 7.00. The molecule has 0 atom stereocenters. The number of alkyl halides is 3. The number of amides is 1. The Morgan fingerprint density at radius 2 is 2.00 bits per heavy atom. The lowest BCUT2D eigenvalue weighted by atomic mass is 10.2. The van der Waals surface area contributed by atoms with Gasteiger partial charge in [0, 0.05) is 19.0 Å². The van der Waals surface area contributed by atoms with E-state index in [1.54, 1.807) is 20.0 Å². The van der Waals surface area contributed by atoms with E-state index in [1.165, 1.54) is 16.8 Å². The van der Waals surface area contributed by atoms with E-state index >= 15 is 0 Å². The zero-order chi connectivity index (χ0) is 17.0. The van der Waals surface area contributed by atoms with Crippen LogP contribution in [-0.2, 0) is 11.0 Å². The predicted molar refractivity (Wildman–Crippen MR) is 87.7 cm³/mol. The second kappa shape index (κ2) is 8.16. The van der Waals surface area contributed by atoms with E-state index in [0.717, 1.165) is 12.1 Å². The van der Waals surface area contributed by atoms with Gasteiger partial charge in [-0.05, 0) is 32.2 Å². The van der Waals surface area contributed by atoms with E-state index in [-0.39, 0.29) is 30.4 Å². The Morgan fingerprint density at radius 1 is 1.29 bits per heavy atom. The standard InChI is InChI=1S/C15H17F3N4O.ClH/c1-10-8-13(20-14(23)6-7-19-2)22(21-10)12-5-3-4-11(9-12)15(16,17)18;/h3-5,8-9,19H,6-7H2,1-2H3,(H,20,23);1H. The zero-order valence-corrected chi connectivity index (χ0v) is 14.0. The molecule has 0 aliphatic carbocycles. The SMILES string of the molecule is CNCCC(=O)Nc1cc(C)nn1-c1cccc(C(F)(F)F)c1.Cl. The van der Waals surface area contributed by atoms with E-state index in [4.69, 9.17) is 0 Å². The monoisotopic (exact) mass is 362 g/mol. The molecular weight excluding hydrogens is 345 g/mol. The third-order valence-corrected chi connectivity index (χ3v) is 3.12. The van der Waals surface area contributed by atoms with Gasteiger partial charge in [0.15, 0.2) is 0 Å². The third kappa shape index (κ3) is 4.97. The van der Waals surface area contributed by atoms with Crippen LogP contribution in [0.25, 0.3) is 5.69 Å². The van der Waals surface area contributed by atoms with Crippen LogP contribution in [0.15, 0.2) is 30.3 Å². The normalized spacial score (nSPS) is 11.0. The molecule has 0 bridgehead atoms. The minimum Gasteiger partial charge on any atom is -0.319 e. The summed E-state index contributed by atoms with van der Waals surface area (Å²) in [5, 5.41) is 9.67. The number of hydrogen-bond donors (Lipinski definition) is 2. The van der Waals surface area contributed by atoms with E-state index < -0.39 is 11.7 Å². The highest BCUT2D eigenvalue weighted by Crippen LogP contribution is 2.30. The highest BCUT2D eigenvalue weighted by atomic mass is 35.5. The number of halogens is 4. The first-order chi connectivity index (χ1) is 10.8. The molecule has 9 heteroatoms. The molecule has 1 heterocycles. The van der Waals surface area contributed by atoms with Crippen LogP contribution < -0.4 is 10.6 Å². The van der Waals surface area contributed by atoms with Crippen molar-refractivity contribution in [3.8, 4) is 5.69 Å².